The minimum absolute atomic E-state index is 0.00676. The minimum Gasteiger partial charge on any atom is -0.341 e. The summed E-state index contributed by atoms with van der Waals surface area (Å²) in [6.45, 7) is 7.83. The molecule has 0 aliphatic carbocycles. The van der Waals surface area contributed by atoms with Gasteiger partial charge in [0.25, 0.3) is 0 Å². The zero-order valence-corrected chi connectivity index (χ0v) is 10.6. The van der Waals surface area contributed by atoms with E-state index in [-0.39, 0.29) is 11.3 Å². The number of rotatable bonds is 1. The molecule has 17 heavy (non-hydrogen) atoms. The van der Waals surface area contributed by atoms with Gasteiger partial charge in [-0.25, -0.2) is 4.98 Å². The van der Waals surface area contributed by atoms with Gasteiger partial charge in [0.05, 0.1) is 11.0 Å². The molecule has 2 N–H and O–H groups in total. The van der Waals surface area contributed by atoms with Crippen LogP contribution in [0, 0.1) is 0 Å². The fourth-order valence-corrected chi connectivity index (χ4v) is 1.65. The molecule has 1 heterocycles. The van der Waals surface area contributed by atoms with Gasteiger partial charge in [0.15, 0.2) is 0 Å². The van der Waals surface area contributed by atoms with Crippen LogP contribution in [-0.2, 0) is 10.2 Å². The topological polar surface area (TPSA) is 57.8 Å². The number of hydrogen-bond donors (Lipinski definition) is 2. The summed E-state index contributed by atoms with van der Waals surface area (Å²) in [6.07, 6.45) is 0. The van der Waals surface area contributed by atoms with E-state index in [1.165, 1.54) is 6.92 Å². The molecule has 4 heteroatoms. The lowest BCUT2D eigenvalue weighted by atomic mass is 9.96. The Hall–Kier alpha value is -1.84. The predicted molar refractivity (Wildman–Crippen MR) is 69.1 cm³/mol. The average Bonchev–Trinajstić information content (AvgIpc) is 2.58. The maximum Gasteiger partial charge on any atom is 0.221 e. The Labute approximate surface area is 100 Å². The van der Waals surface area contributed by atoms with Crippen molar-refractivity contribution in [1.82, 2.24) is 9.97 Å². The second-order valence-corrected chi connectivity index (χ2v) is 5.25. The Morgan fingerprint density at radius 1 is 1.35 bits per heavy atom. The van der Waals surface area contributed by atoms with Crippen LogP contribution < -0.4 is 5.32 Å². The van der Waals surface area contributed by atoms with Crippen LogP contribution in [-0.4, -0.2) is 15.9 Å². The molecule has 1 amide bonds. The summed E-state index contributed by atoms with van der Waals surface area (Å²) < 4.78 is 0. The van der Waals surface area contributed by atoms with Crippen molar-refractivity contribution in [3.05, 3.63) is 24.0 Å². The molecule has 0 fully saturated rings. The first-order chi connectivity index (χ1) is 7.86. The number of imidazole rings is 1. The molecule has 0 bridgehead atoms. The van der Waals surface area contributed by atoms with Gasteiger partial charge in [-0.15, -0.1) is 0 Å². The van der Waals surface area contributed by atoms with Crippen LogP contribution in [0.5, 0.6) is 0 Å². The van der Waals surface area contributed by atoms with E-state index >= 15 is 0 Å². The van der Waals surface area contributed by atoms with Crippen LogP contribution >= 0.6 is 0 Å². The Balaban J connectivity index is 2.44. The van der Waals surface area contributed by atoms with Crippen LogP contribution in [0.4, 0.5) is 5.69 Å². The number of nitrogens with one attached hydrogen (secondary N) is 2. The van der Waals surface area contributed by atoms with Crippen LogP contribution in [0.3, 0.4) is 0 Å². The van der Waals surface area contributed by atoms with Crippen LogP contribution in [0.1, 0.15) is 33.5 Å². The number of H-pyrrole nitrogens is 1. The average molecular weight is 231 g/mol. The molecule has 2 rings (SSSR count). The molecule has 0 saturated heterocycles. The van der Waals surface area contributed by atoms with E-state index in [4.69, 9.17) is 0 Å². The van der Waals surface area contributed by atoms with E-state index in [0.717, 1.165) is 22.5 Å². The molecule has 0 aliphatic rings. The predicted octanol–water partition coefficient (Wildman–Crippen LogP) is 2.82. The molecule has 1 aromatic carbocycles. The van der Waals surface area contributed by atoms with Gasteiger partial charge in [0.1, 0.15) is 5.82 Å². The number of anilines is 1. The summed E-state index contributed by atoms with van der Waals surface area (Å²) in [5.41, 5.74) is 2.65. The normalized spacial score (nSPS) is 11.8. The first-order valence-corrected chi connectivity index (χ1v) is 5.64. The van der Waals surface area contributed by atoms with E-state index < -0.39 is 0 Å². The molecule has 0 spiro atoms. The quantitative estimate of drug-likeness (QED) is 0.792. The van der Waals surface area contributed by atoms with E-state index in [1.807, 2.05) is 18.2 Å². The lowest BCUT2D eigenvalue weighted by Gasteiger charge is -2.13. The summed E-state index contributed by atoms with van der Waals surface area (Å²) in [7, 11) is 0. The van der Waals surface area contributed by atoms with Crippen molar-refractivity contribution in [3.8, 4) is 0 Å². The standard InChI is InChI=1S/C13H17N3O/c1-8(17)14-9-5-6-10-11(7-9)16-12(15-10)13(2,3)4/h5-7H,1-4H3,(H,14,17)(H,15,16). The van der Waals surface area contributed by atoms with Crippen LogP contribution in [0.15, 0.2) is 18.2 Å². The molecular formula is C13H17N3O. The molecule has 90 valence electrons. The van der Waals surface area contributed by atoms with E-state index in [9.17, 15) is 4.79 Å². The number of carbonyl (C=O) groups is 1. The second kappa shape index (κ2) is 3.87. The smallest absolute Gasteiger partial charge is 0.221 e. The highest BCUT2D eigenvalue weighted by Gasteiger charge is 2.18. The largest absolute Gasteiger partial charge is 0.341 e. The van der Waals surface area contributed by atoms with Crippen molar-refractivity contribution in [1.29, 1.82) is 0 Å². The van der Waals surface area contributed by atoms with E-state index in [1.54, 1.807) is 0 Å². The summed E-state index contributed by atoms with van der Waals surface area (Å²) in [6, 6.07) is 5.67. The molecule has 0 radical (unpaired) electrons. The summed E-state index contributed by atoms with van der Waals surface area (Å²) in [4.78, 5) is 18.8. The lowest BCUT2D eigenvalue weighted by molar-refractivity contribution is -0.114. The highest BCUT2D eigenvalue weighted by molar-refractivity contribution is 5.91. The van der Waals surface area contributed by atoms with Gasteiger partial charge in [-0.3, -0.25) is 4.79 Å². The fraction of sp³-hybridized carbons (Fsp3) is 0.385. The van der Waals surface area contributed by atoms with Crippen molar-refractivity contribution in [2.45, 2.75) is 33.1 Å². The van der Waals surface area contributed by atoms with Crippen molar-refractivity contribution in [3.63, 3.8) is 0 Å². The van der Waals surface area contributed by atoms with Gasteiger partial charge in [0.2, 0.25) is 5.91 Å². The van der Waals surface area contributed by atoms with Crippen molar-refractivity contribution in [2.24, 2.45) is 0 Å². The zero-order chi connectivity index (χ0) is 12.6. The molecule has 0 aliphatic heterocycles. The Bertz CT molecular complexity index is 564. The SMILES string of the molecule is CC(=O)Nc1ccc2nc(C(C)(C)C)[nH]c2c1. The fourth-order valence-electron chi connectivity index (χ4n) is 1.65. The third-order valence-electron chi connectivity index (χ3n) is 2.51. The number of fused-ring (bicyclic) bond motifs is 1. The van der Waals surface area contributed by atoms with E-state index in [0.29, 0.717) is 0 Å². The third-order valence-corrected chi connectivity index (χ3v) is 2.51. The maximum atomic E-state index is 11.0. The molecule has 4 nitrogen and oxygen atoms in total. The highest BCUT2D eigenvalue weighted by atomic mass is 16.1. The van der Waals surface area contributed by atoms with Crippen molar-refractivity contribution < 1.29 is 4.79 Å². The number of benzene rings is 1. The molecule has 0 unspecified atom stereocenters. The summed E-state index contributed by atoms with van der Waals surface area (Å²) >= 11 is 0. The van der Waals surface area contributed by atoms with Gasteiger partial charge >= 0.3 is 0 Å². The van der Waals surface area contributed by atoms with Crippen molar-refractivity contribution >= 4 is 22.6 Å². The third kappa shape index (κ3) is 2.46. The first-order valence-electron chi connectivity index (χ1n) is 5.64. The number of aromatic nitrogens is 2. The summed E-state index contributed by atoms with van der Waals surface area (Å²) in [5.74, 6) is 0.882. The van der Waals surface area contributed by atoms with Gasteiger partial charge in [0, 0.05) is 18.0 Å². The molecule has 2 aromatic rings. The zero-order valence-electron chi connectivity index (χ0n) is 10.6. The van der Waals surface area contributed by atoms with E-state index in [2.05, 4.69) is 36.1 Å². The number of aromatic amines is 1. The van der Waals surface area contributed by atoms with Crippen LogP contribution in [0.25, 0.3) is 11.0 Å². The highest BCUT2D eigenvalue weighted by Crippen LogP contribution is 2.24. The molecule has 0 saturated carbocycles. The van der Waals surface area contributed by atoms with Gasteiger partial charge in [-0.1, -0.05) is 20.8 Å². The summed E-state index contributed by atoms with van der Waals surface area (Å²) in [5, 5.41) is 2.76. The van der Waals surface area contributed by atoms with Gasteiger partial charge in [-0.05, 0) is 18.2 Å². The Kier molecular flexibility index (Phi) is 2.65. The first kappa shape index (κ1) is 11.6. The Morgan fingerprint density at radius 2 is 2.06 bits per heavy atom. The molecular weight excluding hydrogens is 214 g/mol. The van der Waals surface area contributed by atoms with Gasteiger partial charge in [-0.2, -0.15) is 0 Å². The van der Waals surface area contributed by atoms with Crippen molar-refractivity contribution in [2.75, 3.05) is 5.32 Å². The lowest BCUT2D eigenvalue weighted by Crippen LogP contribution is -2.12. The Morgan fingerprint density at radius 3 is 2.65 bits per heavy atom. The monoisotopic (exact) mass is 231 g/mol. The van der Waals surface area contributed by atoms with Crippen LogP contribution in [0.2, 0.25) is 0 Å². The second-order valence-electron chi connectivity index (χ2n) is 5.25. The maximum absolute atomic E-state index is 11.0. The molecule has 1 aromatic heterocycles. The number of amides is 1. The number of carbonyl (C=O) groups excluding carboxylic acids is 1. The van der Waals surface area contributed by atoms with Gasteiger partial charge < -0.3 is 10.3 Å². The number of nitrogens with zero attached hydrogens (tertiary/aromatic N) is 1. The molecule has 0 atom stereocenters. The minimum atomic E-state index is -0.0695. The number of hydrogen-bond acceptors (Lipinski definition) is 2.